The number of fused-ring (bicyclic) bond motifs is 1. The van der Waals surface area contributed by atoms with E-state index in [4.69, 9.17) is 14.2 Å². The number of ether oxygens (including phenoxy) is 3. The Morgan fingerprint density at radius 1 is 1.38 bits per heavy atom. The zero-order valence-corrected chi connectivity index (χ0v) is 18.2. The van der Waals surface area contributed by atoms with Crippen LogP contribution in [0.3, 0.4) is 0 Å². The standard InChI is InChI=1S/C23H34O6/c1-15-9-10-19-23(5,29-19)13-11-18(20(15)21(25)27-6)17(14-28-16(2)24)8-7-12-22(3,4)26/h7-8,12,18-20,26H,1,9-11,13-14H2,2-6H3/b12-7+,17-8-/t18-,19+,20+,23+/m1/s1. The lowest BCUT2D eigenvalue weighted by molar-refractivity contribution is -0.145. The van der Waals surface area contributed by atoms with E-state index in [1.165, 1.54) is 14.0 Å². The predicted molar refractivity (Wildman–Crippen MR) is 110 cm³/mol. The van der Waals surface area contributed by atoms with Crippen molar-refractivity contribution in [3.05, 3.63) is 36.0 Å². The fraction of sp³-hybridized carbons (Fsp3) is 0.652. The average Bonchev–Trinajstić information content (AvgIpc) is 3.27. The summed E-state index contributed by atoms with van der Waals surface area (Å²) in [5.74, 6) is -1.47. The van der Waals surface area contributed by atoms with E-state index < -0.39 is 17.5 Å². The summed E-state index contributed by atoms with van der Waals surface area (Å²) in [5.41, 5.74) is 0.440. The molecule has 2 fully saturated rings. The first-order chi connectivity index (χ1) is 13.5. The molecule has 2 rings (SSSR count). The van der Waals surface area contributed by atoms with Crippen molar-refractivity contribution in [1.82, 2.24) is 0 Å². The van der Waals surface area contributed by atoms with Crippen LogP contribution >= 0.6 is 0 Å². The van der Waals surface area contributed by atoms with Gasteiger partial charge in [-0.3, -0.25) is 9.59 Å². The van der Waals surface area contributed by atoms with Crippen molar-refractivity contribution < 1.29 is 28.9 Å². The van der Waals surface area contributed by atoms with E-state index in [0.29, 0.717) is 12.8 Å². The lowest BCUT2D eigenvalue weighted by Gasteiger charge is -2.29. The first kappa shape index (κ1) is 23.4. The highest BCUT2D eigenvalue weighted by Gasteiger charge is 2.53. The molecular formula is C23H34O6. The Kier molecular flexibility index (Phi) is 7.46. The SMILES string of the molecule is C=C1CC[C@@H]2O[C@@]2(C)CC[C@H](/C(=C\C=C\C(C)(C)O)COC(C)=O)[C@H]1C(=O)OC. The van der Waals surface area contributed by atoms with Crippen LogP contribution in [0.5, 0.6) is 0 Å². The number of hydrogen-bond donors (Lipinski definition) is 1. The molecule has 1 aliphatic carbocycles. The molecule has 0 aromatic carbocycles. The number of allylic oxidation sites excluding steroid dienone is 2. The third-order valence-electron chi connectivity index (χ3n) is 5.74. The van der Waals surface area contributed by atoms with Gasteiger partial charge in [0.05, 0.1) is 30.3 Å². The van der Waals surface area contributed by atoms with Crippen LogP contribution in [-0.4, -0.2) is 48.1 Å². The molecule has 1 saturated carbocycles. The van der Waals surface area contributed by atoms with E-state index in [-0.39, 0.29) is 30.2 Å². The van der Waals surface area contributed by atoms with Gasteiger partial charge < -0.3 is 19.3 Å². The Morgan fingerprint density at radius 2 is 2.07 bits per heavy atom. The zero-order valence-electron chi connectivity index (χ0n) is 18.2. The minimum atomic E-state index is -0.977. The molecule has 1 N–H and O–H groups in total. The van der Waals surface area contributed by atoms with Gasteiger partial charge in [-0.25, -0.2) is 0 Å². The number of epoxide rings is 1. The number of aliphatic hydroxyl groups is 1. The minimum absolute atomic E-state index is 0.0674. The van der Waals surface area contributed by atoms with Gasteiger partial charge in [0.15, 0.2) is 0 Å². The maximum atomic E-state index is 12.7. The van der Waals surface area contributed by atoms with Crippen LogP contribution in [0.15, 0.2) is 36.0 Å². The molecule has 0 bridgehead atoms. The van der Waals surface area contributed by atoms with Crippen molar-refractivity contribution in [2.24, 2.45) is 11.8 Å². The molecule has 4 atom stereocenters. The number of esters is 2. The molecule has 0 radical (unpaired) electrons. The first-order valence-corrected chi connectivity index (χ1v) is 10.1. The Bertz CT molecular complexity index is 699. The highest BCUT2D eigenvalue weighted by Crippen LogP contribution is 2.48. The maximum Gasteiger partial charge on any atom is 0.313 e. The molecule has 2 aliphatic rings. The first-order valence-electron chi connectivity index (χ1n) is 10.1. The second kappa shape index (κ2) is 9.26. The number of carbonyl (C=O) groups is 2. The molecule has 1 aliphatic heterocycles. The van der Waals surface area contributed by atoms with Crippen LogP contribution in [0.4, 0.5) is 0 Å². The summed E-state index contributed by atoms with van der Waals surface area (Å²) >= 11 is 0. The smallest absolute Gasteiger partial charge is 0.313 e. The summed E-state index contributed by atoms with van der Waals surface area (Å²) in [6, 6.07) is 0. The summed E-state index contributed by atoms with van der Waals surface area (Å²) in [6.45, 7) is 11.0. The zero-order chi connectivity index (χ0) is 21.8. The Hall–Kier alpha value is -1.92. The molecule has 29 heavy (non-hydrogen) atoms. The van der Waals surface area contributed by atoms with E-state index in [0.717, 1.165) is 24.0 Å². The predicted octanol–water partition coefficient (Wildman–Crippen LogP) is 3.50. The van der Waals surface area contributed by atoms with Crippen molar-refractivity contribution >= 4 is 11.9 Å². The maximum absolute atomic E-state index is 12.7. The quantitative estimate of drug-likeness (QED) is 0.315. The topological polar surface area (TPSA) is 85.4 Å². The van der Waals surface area contributed by atoms with Gasteiger partial charge in [0.2, 0.25) is 0 Å². The molecule has 0 unspecified atom stereocenters. The van der Waals surface area contributed by atoms with Gasteiger partial charge in [0.1, 0.15) is 6.61 Å². The van der Waals surface area contributed by atoms with Crippen molar-refractivity contribution in [2.45, 2.75) is 70.7 Å². The molecule has 0 aromatic rings. The van der Waals surface area contributed by atoms with E-state index in [9.17, 15) is 14.7 Å². The summed E-state index contributed by atoms with van der Waals surface area (Å²) in [6.07, 6.45) is 8.37. The van der Waals surface area contributed by atoms with E-state index in [2.05, 4.69) is 13.5 Å². The third kappa shape index (κ3) is 6.54. The highest BCUT2D eigenvalue weighted by molar-refractivity contribution is 5.76. The molecule has 6 nitrogen and oxygen atoms in total. The van der Waals surface area contributed by atoms with E-state index in [1.54, 1.807) is 26.0 Å². The Morgan fingerprint density at radius 3 is 2.66 bits per heavy atom. The Balaban J connectivity index is 2.41. The second-order valence-corrected chi connectivity index (χ2v) is 8.80. The van der Waals surface area contributed by atoms with Gasteiger partial charge in [0.25, 0.3) is 0 Å². The van der Waals surface area contributed by atoms with Crippen LogP contribution in [0.1, 0.15) is 53.4 Å². The van der Waals surface area contributed by atoms with Crippen LogP contribution < -0.4 is 0 Å². The molecule has 0 aromatic heterocycles. The molecule has 0 amide bonds. The van der Waals surface area contributed by atoms with Crippen LogP contribution in [0.2, 0.25) is 0 Å². The number of carbonyl (C=O) groups excluding carboxylic acids is 2. The molecule has 1 heterocycles. The van der Waals surface area contributed by atoms with E-state index >= 15 is 0 Å². The van der Waals surface area contributed by atoms with Crippen LogP contribution in [-0.2, 0) is 23.8 Å². The lowest BCUT2D eigenvalue weighted by Crippen LogP contribution is -2.30. The summed E-state index contributed by atoms with van der Waals surface area (Å²) < 4.78 is 16.3. The Labute approximate surface area is 173 Å². The molecule has 0 spiro atoms. The van der Waals surface area contributed by atoms with Gasteiger partial charge in [-0.15, -0.1) is 0 Å². The average molecular weight is 407 g/mol. The summed E-state index contributed by atoms with van der Waals surface area (Å²) in [7, 11) is 1.38. The van der Waals surface area contributed by atoms with Crippen molar-refractivity contribution in [3.8, 4) is 0 Å². The van der Waals surface area contributed by atoms with Crippen molar-refractivity contribution in [3.63, 3.8) is 0 Å². The lowest BCUT2D eigenvalue weighted by atomic mass is 9.77. The van der Waals surface area contributed by atoms with Crippen molar-refractivity contribution in [1.29, 1.82) is 0 Å². The number of methoxy groups -OCH3 is 1. The van der Waals surface area contributed by atoms with Gasteiger partial charge in [-0.2, -0.15) is 0 Å². The van der Waals surface area contributed by atoms with Gasteiger partial charge >= 0.3 is 11.9 Å². The molecular weight excluding hydrogens is 372 g/mol. The number of hydrogen-bond acceptors (Lipinski definition) is 6. The highest BCUT2D eigenvalue weighted by atomic mass is 16.6. The largest absolute Gasteiger partial charge is 0.469 e. The van der Waals surface area contributed by atoms with Crippen LogP contribution in [0, 0.1) is 11.8 Å². The van der Waals surface area contributed by atoms with E-state index in [1.807, 2.05) is 6.08 Å². The normalized spacial score (nSPS) is 30.8. The molecule has 162 valence electrons. The summed E-state index contributed by atoms with van der Waals surface area (Å²) in [4.78, 5) is 24.2. The minimum Gasteiger partial charge on any atom is -0.469 e. The second-order valence-electron chi connectivity index (χ2n) is 8.80. The fourth-order valence-corrected chi connectivity index (χ4v) is 3.97. The molecule has 1 saturated heterocycles. The fourth-order valence-electron chi connectivity index (χ4n) is 3.97. The van der Waals surface area contributed by atoms with Gasteiger partial charge in [-0.1, -0.05) is 30.4 Å². The van der Waals surface area contributed by atoms with Crippen LogP contribution in [0.25, 0.3) is 0 Å². The molecule has 6 heteroatoms. The summed E-state index contributed by atoms with van der Waals surface area (Å²) in [5, 5.41) is 9.97. The monoisotopic (exact) mass is 406 g/mol. The third-order valence-corrected chi connectivity index (χ3v) is 5.74. The number of rotatable bonds is 6. The van der Waals surface area contributed by atoms with Gasteiger partial charge in [-0.05, 0) is 52.0 Å². The van der Waals surface area contributed by atoms with Gasteiger partial charge in [0, 0.05) is 12.8 Å². The van der Waals surface area contributed by atoms with Crippen molar-refractivity contribution in [2.75, 3.05) is 13.7 Å².